The van der Waals surface area contributed by atoms with Gasteiger partial charge in [-0.15, -0.1) is 0 Å². The van der Waals surface area contributed by atoms with Gasteiger partial charge >= 0.3 is 0 Å². The van der Waals surface area contributed by atoms with Gasteiger partial charge in [-0.3, -0.25) is 14.4 Å². The number of hydrogen-bond donors (Lipinski definition) is 2. The zero-order valence-electron chi connectivity index (χ0n) is 12.4. The zero-order valence-corrected chi connectivity index (χ0v) is 12.4. The third-order valence-corrected chi connectivity index (χ3v) is 5.26. The minimum Gasteiger partial charge on any atom is -0.356 e. The topological polar surface area (TPSA) is 75.3 Å². The molecule has 114 valence electrons. The van der Waals surface area contributed by atoms with Crippen molar-refractivity contribution in [2.75, 3.05) is 11.9 Å². The summed E-state index contributed by atoms with van der Waals surface area (Å²) >= 11 is 0. The Morgan fingerprint density at radius 1 is 1.32 bits per heavy atom. The van der Waals surface area contributed by atoms with Crippen LogP contribution < -0.4 is 10.6 Å². The Bertz CT molecular complexity index is 695. The second-order valence-electron chi connectivity index (χ2n) is 6.79. The molecule has 0 unspecified atom stereocenters. The fourth-order valence-electron chi connectivity index (χ4n) is 3.61. The van der Waals surface area contributed by atoms with E-state index in [-0.39, 0.29) is 17.6 Å². The Hall–Kier alpha value is -2.17. The molecule has 5 nitrogen and oxygen atoms in total. The number of benzene rings is 1. The SMILES string of the molecule is C[C@]12C(=O)c3ccccc3NC(=O)[C@H]1[C@H]2C(=O)NCC1CC1. The molecule has 0 radical (unpaired) electrons. The van der Waals surface area contributed by atoms with Crippen LogP contribution in [0.15, 0.2) is 24.3 Å². The van der Waals surface area contributed by atoms with Crippen molar-refractivity contribution >= 4 is 23.3 Å². The van der Waals surface area contributed by atoms with Crippen molar-refractivity contribution in [3.05, 3.63) is 29.8 Å². The smallest absolute Gasteiger partial charge is 0.229 e. The van der Waals surface area contributed by atoms with Gasteiger partial charge in [-0.2, -0.15) is 0 Å². The summed E-state index contributed by atoms with van der Waals surface area (Å²) in [5.41, 5.74) is 0.131. The van der Waals surface area contributed by atoms with Crippen LogP contribution in [0, 0.1) is 23.2 Å². The number of carbonyl (C=O) groups excluding carboxylic acids is 3. The Morgan fingerprint density at radius 2 is 2.05 bits per heavy atom. The number of ketones is 1. The van der Waals surface area contributed by atoms with Gasteiger partial charge in [-0.1, -0.05) is 19.1 Å². The van der Waals surface area contributed by atoms with Gasteiger partial charge in [0, 0.05) is 12.1 Å². The van der Waals surface area contributed by atoms with E-state index in [2.05, 4.69) is 10.6 Å². The van der Waals surface area contributed by atoms with Gasteiger partial charge in [0.05, 0.1) is 22.9 Å². The van der Waals surface area contributed by atoms with E-state index in [9.17, 15) is 14.4 Å². The molecule has 22 heavy (non-hydrogen) atoms. The summed E-state index contributed by atoms with van der Waals surface area (Å²) in [7, 11) is 0. The van der Waals surface area contributed by atoms with E-state index < -0.39 is 17.3 Å². The van der Waals surface area contributed by atoms with Crippen molar-refractivity contribution in [1.29, 1.82) is 0 Å². The van der Waals surface area contributed by atoms with E-state index in [1.165, 1.54) is 0 Å². The van der Waals surface area contributed by atoms with Crippen molar-refractivity contribution in [2.45, 2.75) is 19.8 Å². The van der Waals surface area contributed by atoms with Gasteiger partial charge in [0.2, 0.25) is 11.8 Å². The number of Topliss-reactive ketones (excluding diaryl/α,β-unsaturated/α-hetero) is 1. The molecule has 2 amide bonds. The maximum absolute atomic E-state index is 12.8. The lowest BCUT2D eigenvalue weighted by Crippen LogP contribution is -2.31. The predicted octanol–water partition coefficient (Wildman–Crippen LogP) is 1.60. The third-order valence-electron chi connectivity index (χ3n) is 5.26. The molecule has 0 saturated heterocycles. The number of fused-ring (bicyclic) bond motifs is 2. The molecule has 1 heterocycles. The number of nitrogens with one attached hydrogen (secondary N) is 2. The van der Waals surface area contributed by atoms with Crippen molar-refractivity contribution in [1.82, 2.24) is 5.32 Å². The Labute approximate surface area is 128 Å². The van der Waals surface area contributed by atoms with E-state index >= 15 is 0 Å². The highest BCUT2D eigenvalue weighted by Crippen LogP contribution is 2.62. The fraction of sp³-hybridized carbons (Fsp3) is 0.471. The minimum atomic E-state index is -0.912. The van der Waals surface area contributed by atoms with Gasteiger partial charge in [0.25, 0.3) is 0 Å². The van der Waals surface area contributed by atoms with Crippen LogP contribution >= 0.6 is 0 Å². The second kappa shape index (κ2) is 4.41. The van der Waals surface area contributed by atoms with Crippen molar-refractivity contribution in [2.24, 2.45) is 23.2 Å². The lowest BCUT2D eigenvalue weighted by atomic mass is 9.92. The molecule has 0 bridgehead atoms. The van der Waals surface area contributed by atoms with Gasteiger partial charge in [0.15, 0.2) is 5.78 Å². The molecule has 3 aliphatic rings. The molecular weight excluding hydrogens is 280 g/mol. The zero-order chi connectivity index (χ0) is 15.5. The molecule has 1 aromatic rings. The van der Waals surface area contributed by atoms with E-state index in [0.717, 1.165) is 12.8 Å². The standard InChI is InChI=1S/C17H18N2O3/c1-17-12(15(21)18-8-9-6-7-9)13(17)16(22)19-11-5-3-2-4-10(11)14(17)20/h2-5,9,12-13H,6-8H2,1H3,(H,18,21)(H,19,22)/t12-,13+,17+/m0/s1. The first-order valence-electron chi connectivity index (χ1n) is 7.76. The van der Waals surface area contributed by atoms with Crippen LogP contribution in [0.3, 0.4) is 0 Å². The van der Waals surface area contributed by atoms with Crippen LogP contribution in [0.4, 0.5) is 5.69 Å². The van der Waals surface area contributed by atoms with Crippen LogP contribution in [0.25, 0.3) is 0 Å². The summed E-state index contributed by atoms with van der Waals surface area (Å²) in [5.74, 6) is -1.04. The molecule has 1 aliphatic heterocycles. The quantitative estimate of drug-likeness (QED) is 0.890. The number of anilines is 1. The summed E-state index contributed by atoms with van der Waals surface area (Å²) < 4.78 is 0. The summed E-state index contributed by atoms with van der Waals surface area (Å²) in [4.78, 5) is 37.6. The summed E-state index contributed by atoms with van der Waals surface area (Å²) in [6.07, 6.45) is 2.30. The first kappa shape index (κ1) is 13.5. The molecule has 2 fully saturated rings. The van der Waals surface area contributed by atoms with E-state index in [0.29, 0.717) is 23.7 Å². The molecular formula is C17H18N2O3. The highest BCUT2D eigenvalue weighted by molar-refractivity contribution is 6.19. The van der Waals surface area contributed by atoms with E-state index in [4.69, 9.17) is 0 Å². The predicted molar refractivity (Wildman–Crippen MR) is 80.2 cm³/mol. The maximum atomic E-state index is 12.8. The first-order chi connectivity index (χ1) is 10.5. The maximum Gasteiger partial charge on any atom is 0.229 e. The van der Waals surface area contributed by atoms with Crippen LogP contribution in [-0.4, -0.2) is 24.1 Å². The molecule has 3 atom stereocenters. The molecule has 0 spiro atoms. The third kappa shape index (κ3) is 1.81. The number of amides is 2. The Kier molecular flexibility index (Phi) is 2.71. The lowest BCUT2D eigenvalue weighted by Gasteiger charge is -2.12. The summed E-state index contributed by atoms with van der Waals surface area (Å²) in [6.45, 7) is 2.40. The highest BCUT2D eigenvalue weighted by Gasteiger charge is 2.73. The summed E-state index contributed by atoms with van der Waals surface area (Å²) in [5, 5.41) is 5.69. The average molecular weight is 298 g/mol. The van der Waals surface area contributed by atoms with Crippen LogP contribution in [0.2, 0.25) is 0 Å². The molecule has 0 aromatic heterocycles. The number of carbonyl (C=O) groups is 3. The normalized spacial score (nSPS) is 32.4. The van der Waals surface area contributed by atoms with Gasteiger partial charge in [0.1, 0.15) is 0 Å². The molecule has 2 aliphatic carbocycles. The second-order valence-corrected chi connectivity index (χ2v) is 6.79. The average Bonchev–Trinajstić information content (AvgIpc) is 3.39. The van der Waals surface area contributed by atoms with Gasteiger partial charge in [-0.05, 0) is 30.9 Å². The first-order valence-corrected chi connectivity index (χ1v) is 7.76. The van der Waals surface area contributed by atoms with E-state index in [1.54, 1.807) is 31.2 Å². The summed E-state index contributed by atoms with van der Waals surface area (Å²) in [6, 6.07) is 6.99. The van der Waals surface area contributed by atoms with Crippen molar-refractivity contribution < 1.29 is 14.4 Å². The van der Waals surface area contributed by atoms with Gasteiger partial charge in [-0.25, -0.2) is 0 Å². The van der Waals surface area contributed by atoms with Crippen LogP contribution in [0.1, 0.15) is 30.1 Å². The monoisotopic (exact) mass is 298 g/mol. The van der Waals surface area contributed by atoms with E-state index in [1.807, 2.05) is 0 Å². The highest BCUT2D eigenvalue weighted by atomic mass is 16.2. The Morgan fingerprint density at radius 3 is 2.77 bits per heavy atom. The number of para-hydroxylation sites is 1. The minimum absolute atomic E-state index is 0.113. The van der Waals surface area contributed by atoms with Crippen molar-refractivity contribution in [3.63, 3.8) is 0 Å². The molecule has 5 heteroatoms. The van der Waals surface area contributed by atoms with Crippen LogP contribution in [0.5, 0.6) is 0 Å². The molecule has 4 rings (SSSR count). The van der Waals surface area contributed by atoms with Crippen molar-refractivity contribution in [3.8, 4) is 0 Å². The molecule has 2 saturated carbocycles. The number of hydrogen-bond acceptors (Lipinski definition) is 3. The Balaban J connectivity index is 1.62. The molecule has 1 aromatic carbocycles. The number of rotatable bonds is 3. The largest absolute Gasteiger partial charge is 0.356 e. The lowest BCUT2D eigenvalue weighted by molar-refractivity contribution is -0.125. The molecule has 2 N–H and O–H groups in total. The fourth-order valence-corrected chi connectivity index (χ4v) is 3.61. The van der Waals surface area contributed by atoms with Gasteiger partial charge < -0.3 is 10.6 Å². The van der Waals surface area contributed by atoms with Crippen LogP contribution in [-0.2, 0) is 9.59 Å².